The van der Waals surface area contributed by atoms with Gasteiger partial charge in [0, 0.05) is 5.69 Å². The quantitative estimate of drug-likeness (QED) is 0.858. The lowest BCUT2D eigenvalue weighted by molar-refractivity contribution is -0.148. The summed E-state index contributed by atoms with van der Waals surface area (Å²) >= 11 is 0. The molecule has 7 heteroatoms. The van der Waals surface area contributed by atoms with E-state index in [9.17, 15) is 14.7 Å². The Kier molecular flexibility index (Phi) is 4.52. The van der Waals surface area contributed by atoms with E-state index in [2.05, 4.69) is 10.4 Å². The molecular weight excluding hydrogens is 344 g/mol. The Bertz CT molecular complexity index is 917. The first kappa shape index (κ1) is 19.3. The SMILES string of the molecule is Cc1nn(C(C)(C)C)c2nc(C(C)C)cc(C(=O)NC3(C(=O)O)CCC3)c12. The van der Waals surface area contributed by atoms with Gasteiger partial charge in [-0.2, -0.15) is 5.10 Å². The zero-order valence-electron chi connectivity index (χ0n) is 16.9. The fourth-order valence-corrected chi connectivity index (χ4v) is 3.46. The number of hydrogen-bond acceptors (Lipinski definition) is 4. The monoisotopic (exact) mass is 372 g/mol. The second-order valence-electron chi connectivity index (χ2n) is 8.81. The lowest BCUT2D eigenvalue weighted by Gasteiger charge is -2.38. The number of aryl methyl sites for hydroxylation is 1. The molecule has 0 radical (unpaired) electrons. The molecule has 0 unspecified atom stereocenters. The summed E-state index contributed by atoms with van der Waals surface area (Å²) in [5.74, 6) is -1.22. The van der Waals surface area contributed by atoms with Crippen molar-refractivity contribution >= 4 is 22.9 Å². The highest BCUT2D eigenvalue weighted by molar-refractivity contribution is 6.08. The average molecular weight is 372 g/mol. The molecule has 3 rings (SSSR count). The minimum atomic E-state index is -1.15. The van der Waals surface area contributed by atoms with Crippen molar-refractivity contribution in [2.24, 2.45) is 0 Å². The van der Waals surface area contributed by atoms with Crippen molar-refractivity contribution in [2.45, 2.75) is 77.8 Å². The second-order valence-corrected chi connectivity index (χ2v) is 8.81. The molecule has 0 atom stereocenters. The van der Waals surface area contributed by atoms with E-state index >= 15 is 0 Å². The van der Waals surface area contributed by atoms with Crippen LogP contribution >= 0.6 is 0 Å². The normalized spacial score (nSPS) is 16.4. The summed E-state index contributed by atoms with van der Waals surface area (Å²) in [6.45, 7) is 12.0. The highest BCUT2D eigenvalue weighted by Crippen LogP contribution is 2.34. The smallest absolute Gasteiger partial charge is 0.329 e. The van der Waals surface area contributed by atoms with Crippen molar-refractivity contribution in [3.05, 3.63) is 23.0 Å². The first-order valence-electron chi connectivity index (χ1n) is 9.43. The van der Waals surface area contributed by atoms with E-state index < -0.39 is 11.5 Å². The van der Waals surface area contributed by atoms with E-state index in [0.29, 0.717) is 35.1 Å². The van der Waals surface area contributed by atoms with Crippen LogP contribution in [0.2, 0.25) is 0 Å². The van der Waals surface area contributed by atoms with Crippen LogP contribution in [0.15, 0.2) is 6.07 Å². The van der Waals surface area contributed by atoms with Gasteiger partial charge < -0.3 is 10.4 Å². The lowest BCUT2D eigenvalue weighted by atomic mass is 9.76. The number of pyridine rings is 1. The predicted molar refractivity (Wildman–Crippen MR) is 103 cm³/mol. The van der Waals surface area contributed by atoms with E-state index in [4.69, 9.17) is 4.98 Å². The summed E-state index contributed by atoms with van der Waals surface area (Å²) in [7, 11) is 0. The van der Waals surface area contributed by atoms with Crippen molar-refractivity contribution in [3.63, 3.8) is 0 Å². The van der Waals surface area contributed by atoms with Crippen molar-refractivity contribution in [3.8, 4) is 0 Å². The number of carboxylic acids is 1. The summed E-state index contributed by atoms with van der Waals surface area (Å²) in [5, 5.41) is 17.6. The van der Waals surface area contributed by atoms with E-state index in [1.54, 1.807) is 6.07 Å². The summed E-state index contributed by atoms with van der Waals surface area (Å²) in [4.78, 5) is 29.6. The molecule has 0 saturated heterocycles. The second kappa shape index (κ2) is 6.32. The topological polar surface area (TPSA) is 97.1 Å². The fourth-order valence-electron chi connectivity index (χ4n) is 3.46. The van der Waals surface area contributed by atoms with Crippen LogP contribution in [0, 0.1) is 6.92 Å². The maximum absolute atomic E-state index is 13.1. The molecule has 0 aromatic carbocycles. The number of fused-ring (bicyclic) bond motifs is 1. The number of carbonyl (C=O) groups excluding carboxylic acids is 1. The molecule has 2 N–H and O–H groups in total. The zero-order chi connectivity index (χ0) is 20.1. The number of carbonyl (C=O) groups is 2. The van der Waals surface area contributed by atoms with E-state index in [1.165, 1.54) is 0 Å². The number of aromatic nitrogens is 3. The van der Waals surface area contributed by atoms with Crippen molar-refractivity contribution in [2.75, 3.05) is 0 Å². The third kappa shape index (κ3) is 3.19. The summed E-state index contributed by atoms with van der Waals surface area (Å²) in [5.41, 5.74) is 1.16. The average Bonchev–Trinajstić information content (AvgIpc) is 2.86. The molecule has 0 aliphatic heterocycles. The first-order chi connectivity index (χ1) is 12.5. The Morgan fingerprint density at radius 1 is 1.30 bits per heavy atom. The molecule has 146 valence electrons. The number of amides is 1. The van der Waals surface area contributed by atoms with Gasteiger partial charge >= 0.3 is 5.97 Å². The third-order valence-corrected chi connectivity index (χ3v) is 5.27. The molecule has 1 fully saturated rings. The summed E-state index contributed by atoms with van der Waals surface area (Å²) < 4.78 is 1.84. The van der Waals surface area contributed by atoms with Crippen LogP contribution in [0.4, 0.5) is 0 Å². The Morgan fingerprint density at radius 2 is 1.93 bits per heavy atom. The van der Waals surface area contributed by atoms with Crippen LogP contribution in [-0.2, 0) is 10.3 Å². The molecule has 1 aliphatic carbocycles. The number of aliphatic carboxylic acids is 1. The van der Waals surface area contributed by atoms with E-state index in [1.807, 2.05) is 46.2 Å². The van der Waals surface area contributed by atoms with Crippen molar-refractivity contribution in [1.29, 1.82) is 0 Å². The molecule has 2 heterocycles. The number of carboxylic acid groups (broad SMARTS) is 1. The van der Waals surface area contributed by atoms with Crippen LogP contribution < -0.4 is 5.32 Å². The number of nitrogens with one attached hydrogen (secondary N) is 1. The highest BCUT2D eigenvalue weighted by Gasteiger charge is 2.46. The molecule has 1 aliphatic rings. The first-order valence-corrected chi connectivity index (χ1v) is 9.43. The van der Waals surface area contributed by atoms with Crippen molar-refractivity contribution < 1.29 is 14.7 Å². The molecule has 27 heavy (non-hydrogen) atoms. The van der Waals surface area contributed by atoms with Crippen LogP contribution in [0.3, 0.4) is 0 Å². The van der Waals surface area contributed by atoms with Gasteiger partial charge in [0.05, 0.1) is 22.2 Å². The van der Waals surface area contributed by atoms with Crippen LogP contribution in [0.25, 0.3) is 11.0 Å². The number of rotatable bonds is 4. The molecule has 1 saturated carbocycles. The minimum Gasteiger partial charge on any atom is -0.480 e. The molecule has 7 nitrogen and oxygen atoms in total. The molecule has 1 amide bonds. The van der Waals surface area contributed by atoms with Crippen LogP contribution in [0.1, 0.15) is 81.5 Å². The highest BCUT2D eigenvalue weighted by atomic mass is 16.4. The largest absolute Gasteiger partial charge is 0.480 e. The number of hydrogen-bond donors (Lipinski definition) is 2. The fraction of sp³-hybridized carbons (Fsp3) is 0.600. The lowest BCUT2D eigenvalue weighted by Crippen LogP contribution is -2.59. The van der Waals surface area contributed by atoms with Gasteiger partial charge in [-0.25, -0.2) is 14.5 Å². The van der Waals surface area contributed by atoms with Gasteiger partial charge in [-0.3, -0.25) is 4.79 Å². The maximum Gasteiger partial charge on any atom is 0.329 e. The molecule has 0 spiro atoms. The van der Waals surface area contributed by atoms with Gasteiger partial charge in [-0.05, 0) is 58.9 Å². The van der Waals surface area contributed by atoms with Gasteiger partial charge in [0.15, 0.2) is 5.65 Å². The van der Waals surface area contributed by atoms with Crippen LogP contribution in [0.5, 0.6) is 0 Å². The van der Waals surface area contributed by atoms with Gasteiger partial charge in [-0.1, -0.05) is 13.8 Å². The van der Waals surface area contributed by atoms with Gasteiger partial charge in [-0.15, -0.1) is 0 Å². The van der Waals surface area contributed by atoms with Crippen LogP contribution in [-0.4, -0.2) is 37.3 Å². The van der Waals surface area contributed by atoms with Gasteiger partial charge in [0.2, 0.25) is 0 Å². The molecule has 2 aromatic heterocycles. The van der Waals surface area contributed by atoms with Gasteiger partial charge in [0.25, 0.3) is 5.91 Å². The number of nitrogens with zero attached hydrogens (tertiary/aromatic N) is 3. The van der Waals surface area contributed by atoms with E-state index in [-0.39, 0.29) is 17.4 Å². The third-order valence-electron chi connectivity index (χ3n) is 5.27. The minimum absolute atomic E-state index is 0.127. The molecule has 0 bridgehead atoms. The molecular formula is C20H28N4O3. The Labute approximate surface area is 159 Å². The van der Waals surface area contributed by atoms with E-state index in [0.717, 1.165) is 12.1 Å². The predicted octanol–water partition coefficient (Wildman–Crippen LogP) is 3.36. The standard InChI is InChI=1S/C20H28N4O3/c1-11(2)14-10-13(17(25)22-20(18(26)27)8-7-9-20)15-12(3)23-24(16(15)21-14)19(4,5)6/h10-11H,7-9H2,1-6H3,(H,22,25)(H,26,27). The molecule has 2 aromatic rings. The summed E-state index contributed by atoms with van der Waals surface area (Å²) in [6.07, 6.45) is 1.72. The Balaban J connectivity index is 2.18. The van der Waals surface area contributed by atoms with Crippen molar-refractivity contribution in [1.82, 2.24) is 20.1 Å². The Hall–Kier alpha value is -2.44. The maximum atomic E-state index is 13.1. The summed E-state index contributed by atoms with van der Waals surface area (Å²) in [6, 6.07) is 1.78. The zero-order valence-corrected chi connectivity index (χ0v) is 16.9. The van der Waals surface area contributed by atoms with Gasteiger partial charge in [0.1, 0.15) is 5.54 Å². The Morgan fingerprint density at radius 3 is 2.37 bits per heavy atom.